The number of aromatic nitrogens is 1. The zero-order chi connectivity index (χ0) is 15.9. The van der Waals surface area contributed by atoms with Gasteiger partial charge in [-0.25, -0.2) is 13.6 Å². The first kappa shape index (κ1) is 14.5. The molecule has 0 aliphatic rings. The Morgan fingerprint density at radius 2 is 1.73 bits per heavy atom. The lowest BCUT2D eigenvalue weighted by atomic mass is 10.0. The highest BCUT2D eigenvalue weighted by molar-refractivity contribution is 7.89. The molecule has 22 heavy (non-hydrogen) atoms. The highest BCUT2D eigenvalue weighted by Crippen LogP contribution is 2.20. The fourth-order valence-electron chi connectivity index (χ4n) is 2.40. The van der Waals surface area contributed by atoms with Gasteiger partial charge in [0.05, 0.1) is 4.90 Å². The van der Waals surface area contributed by atoms with Gasteiger partial charge in [0.1, 0.15) is 0 Å². The number of carbonyl (C=O) groups excluding carboxylic acids is 1. The second-order valence-electron chi connectivity index (χ2n) is 5.13. The summed E-state index contributed by atoms with van der Waals surface area (Å²) in [6.07, 6.45) is 1.80. The molecule has 0 saturated heterocycles. The standard InChI is InChI=1S/C16H14N2O3S/c1-10-2-3-13(9-15(10)22(17,20)21)16(19)12-5-4-11-6-7-18-14(11)8-12/h2-9,18H,1H3,(H2,17,20,21). The van der Waals surface area contributed by atoms with E-state index in [2.05, 4.69) is 4.98 Å². The van der Waals surface area contributed by atoms with E-state index >= 15 is 0 Å². The molecule has 3 aromatic rings. The Balaban J connectivity index is 2.08. The molecule has 0 aliphatic heterocycles. The number of sulfonamides is 1. The van der Waals surface area contributed by atoms with Crippen molar-refractivity contribution in [3.63, 3.8) is 0 Å². The molecular weight excluding hydrogens is 300 g/mol. The number of benzene rings is 2. The lowest BCUT2D eigenvalue weighted by molar-refractivity contribution is 0.103. The van der Waals surface area contributed by atoms with Crippen LogP contribution in [0, 0.1) is 6.92 Å². The number of ketones is 1. The number of hydrogen-bond donors (Lipinski definition) is 2. The van der Waals surface area contributed by atoms with Crippen molar-refractivity contribution in [1.82, 2.24) is 4.98 Å². The molecule has 1 aromatic heterocycles. The van der Waals surface area contributed by atoms with Crippen LogP contribution in [0.5, 0.6) is 0 Å². The quantitative estimate of drug-likeness (QED) is 0.727. The van der Waals surface area contributed by atoms with Gasteiger partial charge in [0.15, 0.2) is 5.78 Å². The van der Waals surface area contributed by atoms with Crippen molar-refractivity contribution in [2.75, 3.05) is 0 Å². The van der Waals surface area contributed by atoms with Gasteiger partial charge in [0, 0.05) is 22.8 Å². The van der Waals surface area contributed by atoms with Crippen molar-refractivity contribution in [3.05, 3.63) is 65.4 Å². The van der Waals surface area contributed by atoms with Crippen LogP contribution in [0.15, 0.2) is 53.6 Å². The second-order valence-corrected chi connectivity index (χ2v) is 6.66. The molecule has 112 valence electrons. The number of aryl methyl sites for hydroxylation is 1. The molecule has 0 unspecified atom stereocenters. The Hall–Kier alpha value is -2.44. The van der Waals surface area contributed by atoms with Crippen LogP contribution in [0.4, 0.5) is 0 Å². The first-order chi connectivity index (χ1) is 10.4. The summed E-state index contributed by atoms with van der Waals surface area (Å²) < 4.78 is 23.1. The maximum absolute atomic E-state index is 12.6. The number of hydrogen-bond acceptors (Lipinski definition) is 3. The van der Waals surface area contributed by atoms with Crippen molar-refractivity contribution in [2.24, 2.45) is 5.14 Å². The molecule has 1 heterocycles. The van der Waals surface area contributed by atoms with E-state index in [1.165, 1.54) is 6.07 Å². The summed E-state index contributed by atoms with van der Waals surface area (Å²) >= 11 is 0. The van der Waals surface area contributed by atoms with Crippen molar-refractivity contribution < 1.29 is 13.2 Å². The predicted molar refractivity (Wildman–Crippen MR) is 84.3 cm³/mol. The van der Waals surface area contributed by atoms with Gasteiger partial charge < -0.3 is 4.98 Å². The predicted octanol–water partition coefficient (Wildman–Crippen LogP) is 2.35. The maximum Gasteiger partial charge on any atom is 0.238 e. The molecule has 3 rings (SSSR count). The van der Waals surface area contributed by atoms with Gasteiger partial charge in [-0.05, 0) is 36.1 Å². The van der Waals surface area contributed by atoms with Crippen LogP contribution >= 0.6 is 0 Å². The summed E-state index contributed by atoms with van der Waals surface area (Å²) in [4.78, 5) is 15.6. The molecule has 0 radical (unpaired) electrons. The monoisotopic (exact) mass is 314 g/mol. The van der Waals surface area contributed by atoms with Gasteiger partial charge in [0.25, 0.3) is 0 Å². The summed E-state index contributed by atoms with van der Waals surface area (Å²) in [5.41, 5.74) is 2.14. The minimum Gasteiger partial charge on any atom is -0.361 e. The Kier molecular flexibility index (Phi) is 3.35. The Bertz CT molecular complexity index is 988. The van der Waals surface area contributed by atoms with Gasteiger partial charge in [-0.1, -0.05) is 24.3 Å². The SMILES string of the molecule is Cc1ccc(C(=O)c2ccc3cc[nH]c3c2)cc1S(N)(=O)=O. The van der Waals surface area contributed by atoms with Gasteiger partial charge >= 0.3 is 0 Å². The summed E-state index contributed by atoms with van der Waals surface area (Å²) in [5, 5.41) is 6.19. The van der Waals surface area contributed by atoms with Crippen LogP contribution in [-0.2, 0) is 10.0 Å². The number of fused-ring (bicyclic) bond motifs is 1. The van der Waals surface area contributed by atoms with E-state index in [0.717, 1.165) is 10.9 Å². The fourth-order valence-corrected chi connectivity index (χ4v) is 3.21. The second kappa shape index (κ2) is 5.08. The smallest absolute Gasteiger partial charge is 0.238 e. The zero-order valence-electron chi connectivity index (χ0n) is 11.8. The number of rotatable bonds is 3. The van der Waals surface area contributed by atoms with Crippen LogP contribution in [0.2, 0.25) is 0 Å². The largest absolute Gasteiger partial charge is 0.361 e. The number of aromatic amines is 1. The molecule has 0 aliphatic carbocycles. The van der Waals surface area contributed by atoms with Crippen molar-refractivity contribution in [3.8, 4) is 0 Å². The Labute approximate surface area is 127 Å². The van der Waals surface area contributed by atoms with E-state index in [0.29, 0.717) is 16.7 Å². The first-order valence-electron chi connectivity index (χ1n) is 6.61. The normalized spacial score (nSPS) is 11.7. The van der Waals surface area contributed by atoms with Crippen molar-refractivity contribution >= 4 is 26.7 Å². The Morgan fingerprint density at radius 3 is 2.45 bits per heavy atom. The minimum atomic E-state index is -3.86. The van der Waals surface area contributed by atoms with Crippen molar-refractivity contribution in [2.45, 2.75) is 11.8 Å². The van der Waals surface area contributed by atoms with Crippen LogP contribution in [0.25, 0.3) is 10.9 Å². The maximum atomic E-state index is 12.6. The highest BCUT2D eigenvalue weighted by Gasteiger charge is 2.16. The molecule has 6 heteroatoms. The van der Waals surface area contributed by atoms with E-state index in [4.69, 9.17) is 5.14 Å². The summed E-state index contributed by atoms with van der Waals surface area (Å²) in [6.45, 7) is 1.64. The molecule has 0 atom stereocenters. The molecular formula is C16H14N2O3S. The first-order valence-corrected chi connectivity index (χ1v) is 8.16. The van der Waals surface area contributed by atoms with Crippen LogP contribution in [0.1, 0.15) is 21.5 Å². The summed E-state index contributed by atoms with van der Waals surface area (Å²) in [5.74, 6) is -0.249. The van der Waals surface area contributed by atoms with E-state index in [9.17, 15) is 13.2 Å². The Morgan fingerprint density at radius 1 is 1.05 bits per heavy atom. The molecule has 0 amide bonds. The van der Waals surface area contributed by atoms with E-state index < -0.39 is 10.0 Å². The molecule has 3 N–H and O–H groups in total. The molecule has 5 nitrogen and oxygen atoms in total. The number of nitrogens with one attached hydrogen (secondary N) is 1. The lowest BCUT2D eigenvalue weighted by Gasteiger charge is -2.07. The van der Waals surface area contributed by atoms with Crippen LogP contribution in [-0.4, -0.2) is 19.2 Å². The molecule has 0 fully saturated rings. The fraction of sp³-hybridized carbons (Fsp3) is 0.0625. The van der Waals surface area contributed by atoms with E-state index in [1.807, 2.05) is 12.1 Å². The number of nitrogens with two attached hydrogens (primary N) is 1. The minimum absolute atomic E-state index is 0.0284. The summed E-state index contributed by atoms with van der Waals surface area (Å²) in [7, 11) is -3.86. The topological polar surface area (TPSA) is 93.0 Å². The van der Waals surface area contributed by atoms with Gasteiger partial charge in [-0.15, -0.1) is 0 Å². The number of primary sulfonamides is 1. The molecule has 0 spiro atoms. The average molecular weight is 314 g/mol. The third-order valence-electron chi connectivity index (χ3n) is 3.57. The molecule has 0 saturated carbocycles. The lowest BCUT2D eigenvalue weighted by Crippen LogP contribution is -2.15. The highest BCUT2D eigenvalue weighted by atomic mass is 32.2. The van der Waals surface area contributed by atoms with Gasteiger partial charge in [-0.2, -0.15) is 0 Å². The van der Waals surface area contributed by atoms with Crippen molar-refractivity contribution in [1.29, 1.82) is 0 Å². The molecule has 2 aromatic carbocycles. The molecule has 0 bridgehead atoms. The van der Waals surface area contributed by atoms with Gasteiger partial charge in [0.2, 0.25) is 10.0 Å². The summed E-state index contributed by atoms with van der Waals surface area (Å²) in [6, 6.07) is 11.7. The average Bonchev–Trinajstić information content (AvgIpc) is 2.93. The third kappa shape index (κ3) is 2.54. The number of H-pyrrole nitrogens is 1. The van der Waals surface area contributed by atoms with E-state index in [-0.39, 0.29) is 10.7 Å². The number of carbonyl (C=O) groups is 1. The van der Waals surface area contributed by atoms with Crippen LogP contribution < -0.4 is 5.14 Å². The van der Waals surface area contributed by atoms with Crippen LogP contribution in [0.3, 0.4) is 0 Å². The van der Waals surface area contributed by atoms with E-state index in [1.54, 1.807) is 37.4 Å². The zero-order valence-corrected chi connectivity index (χ0v) is 12.6. The van der Waals surface area contributed by atoms with Gasteiger partial charge in [-0.3, -0.25) is 4.79 Å². The third-order valence-corrected chi connectivity index (χ3v) is 4.63.